The van der Waals surface area contributed by atoms with Crippen LogP contribution in [-0.4, -0.2) is 37.6 Å². The number of aryl methyl sites for hydroxylation is 2. The Kier molecular flexibility index (Phi) is 6.81. The summed E-state index contributed by atoms with van der Waals surface area (Å²) in [5.41, 5.74) is 2.68. The van der Waals surface area contributed by atoms with Crippen LogP contribution in [0.15, 0.2) is 76.8 Å². The Balaban J connectivity index is 1.56. The van der Waals surface area contributed by atoms with Gasteiger partial charge >= 0.3 is 0 Å². The van der Waals surface area contributed by atoms with E-state index in [-0.39, 0.29) is 12.2 Å². The van der Waals surface area contributed by atoms with Gasteiger partial charge in [0, 0.05) is 35.3 Å². The number of aliphatic hydroxyl groups is 1. The second-order valence-corrected chi connectivity index (χ2v) is 9.66. The molecule has 0 saturated carbocycles. The summed E-state index contributed by atoms with van der Waals surface area (Å²) in [6.45, 7) is 5.51. The van der Waals surface area contributed by atoms with E-state index in [0.29, 0.717) is 10.9 Å². The molecule has 0 spiro atoms. The van der Waals surface area contributed by atoms with Crippen LogP contribution in [0.1, 0.15) is 25.0 Å². The lowest BCUT2D eigenvalue weighted by atomic mass is 10.1. The van der Waals surface area contributed by atoms with Crippen LogP contribution >= 0.6 is 11.8 Å². The summed E-state index contributed by atoms with van der Waals surface area (Å²) in [7, 11) is 0. The molecule has 33 heavy (non-hydrogen) atoms. The Hall–Kier alpha value is -3.16. The van der Waals surface area contributed by atoms with Crippen LogP contribution in [0.3, 0.4) is 0 Å². The monoisotopic (exact) mass is 461 g/mol. The molecule has 7 heteroatoms. The predicted molar refractivity (Wildman–Crippen MR) is 133 cm³/mol. The quantitative estimate of drug-likeness (QED) is 0.387. The summed E-state index contributed by atoms with van der Waals surface area (Å²) in [5, 5.41) is 11.3. The van der Waals surface area contributed by atoms with Crippen LogP contribution in [0, 0.1) is 6.92 Å². The molecule has 0 amide bonds. The fraction of sp³-hybridized carbons (Fsp3) is 0.269. The topological polar surface area (TPSA) is 77.2 Å². The highest BCUT2D eigenvalue weighted by Crippen LogP contribution is 2.24. The van der Waals surface area contributed by atoms with Gasteiger partial charge in [-0.05, 0) is 56.5 Å². The molecule has 0 atom stereocenters. The van der Waals surface area contributed by atoms with E-state index >= 15 is 0 Å². The number of thioether (sulfide) groups is 1. The molecule has 2 heterocycles. The number of benzene rings is 2. The molecular formula is C26H27N3O3S. The number of hydrogen-bond acceptors (Lipinski definition) is 6. The Morgan fingerprint density at radius 1 is 1.12 bits per heavy atom. The second-order valence-electron chi connectivity index (χ2n) is 8.57. The summed E-state index contributed by atoms with van der Waals surface area (Å²) < 4.78 is 7.27. The van der Waals surface area contributed by atoms with Crippen molar-refractivity contribution in [1.29, 1.82) is 0 Å². The van der Waals surface area contributed by atoms with E-state index in [2.05, 4.69) is 22.1 Å². The molecule has 4 rings (SSSR count). The molecule has 170 valence electrons. The number of rotatable bonds is 8. The van der Waals surface area contributed by atoms with Crippen molar-refractivity contribution in [3.05, 3.63) is 88.5 Å². The maximum Gasteiger partial charge on any atom is 0.287 e. The molecule has 1 N–H and O–H groups in total. The molecule has 0 aliphatic carbocycles. The third-order valence-corrected chi connectivity index (χ3v) is 6.07. The maximum absolute atomic E-state index is 13.1. The van der Waals surface area contributed by atoms with Crippen molar-refractivity contribution in [2.45, 2.75) is 37.8 Å². The van der Waals surface area contributed by atoms with E-state index < -0.39 is 5.60 Å². The summed E-state index contributed by atoms with van der Waals surface area (Å²) in [6.07, 6.45) is 4.23. The summed E-state index contributed by atoms with van der Waals surface area (Å²) >= 11 is 1.47. The third kappa shape index (κ3) is 5.80. The largest absolute Gasteiger partial charge is 0.475 e. The first kappa shape index (κ1) is 23.0. The van der Waals surface area contributed by atoms with Crippen LogP contribution in [0.5, 0.6) is 5.88 Å². The zero-order chi connectivity index (χ0) is 23.4. The SMILES string of the molecule is Cc1cc(OCC(C)(C)O)nc2ccc(-n3ccnc(SCCc4ccccc4)c3=O)cc12. The molecule has 0 unspecified atom stereocenters. The second kappa shape index (κ2) is 9.77. The predicted octanol–water partition coefficient (Wildman–Crippen LogP) is 4.57. The van der Waals surface area contributed by atoms with Crippen LogP contribution < -0.4 is 10.3 Å². The van der Waals surface area contributed by atoms with Crippen LogP contribution in [-0.2, 0) is 6.42 Å². The average Bonchev–Trinajstić information content (AvgIpc) is 2.79. The fourth-order valence-electron chi connectivity index (χ4n) is 3.43. The minimum absolute atomic E-state index is 0.134. The highest BCUT2D eigenvalue weighted by atomic mass is 32.2. The molecule has 0 bridgehead atoms. The van der Waals surface area contributed by atoms with E-state index in [1.54, 1.807) is 30.8 Å². The van der Waals surface area contributed by atoms with Crippen molar-refractivity contribution in [3.8, 4) is 11.6 Å². The molecule has 0 saturated heterocycles. The molecule has 0 fully saturated rings. The summed E-state index contributed by atoms with van der Waals surface area (Å²) in [5.74, 6) is 1.25. The molecule has 0 aliphatic heterocycles. The van der Waals surface area contributed by atoms with E-state index in [9.17, 15) is 9.90 Å². The van der Waals surface area contributed by atoms with Crippen molar-refractivity contribution in [1.82, 2.24) is 14.5 Å². The van der Waals surface area contributed by atoms with Crippen molar-refractivity contribution in [2.75, 3.05) is 12.4 Å². The lowest BCUT2D eigenvalue weighted by Gasteiger charge is -2.18. The van der Waals surface area contributed by atoms with Gasteiger partial charge in [0.25, 0.3) is 5.56 Å². The zero-order valence-corrected chi connectivity index (χ0v) is 19.8. The first-order valence-corrected chi connectivity index (χ1v) is 11.8. The number of ether oxygens (including phenoxy) is 1. The van der Waals surface area contributed by atoms with Gasteiger partial charge in [-0.25, -0.2) is 9.97 Å². The maximum atomic E-state index is 13.1. The summed E-state index contributed by atoms with van der Waals surface area (Å²) in [6, 6.07) is 17.8. The van der Waals surface area contributed by atoms with Gasteiger partial charge < -0.3 is 9.84 Å². The van der Waals surface area contributed by atoms with Gasteiger partial charge in [0.1, 0.15) is 6.61 Å². The Morgan fingerprint density at radius 3 is 2.67 bits per heavy atom. The van der Waals surface area contributed by atoms with Gasteiger partial charge in [-0.15, -0.1) is 11.8 Å². The van der Waals surface area contributed by atoms with Gasteiger partial charge in [-0.3, -0.25) is 9.36 Å². The van der Waals surface area contributed by atoms with Crippen molar-refractivity contribution < 1.29 is 9.84 Å². The lowest BCUT2D eigenvalue weighted by molar-refractivity contribution is 0.0269. The van der Waals surface area contributed by atoms with Crippen molar-refractivity contribution in [3.63, 3.8) is 0 Å². The fourth-order valence-corrected chi connectivity index (χ4v) is 4.32. The molecule has 4 aromatic rings. The Bertz CT molecular complexity index is 1310. The average molecular weight is 462 g/mol. The normalized spacial score (nSPS) is 11.6. The first-order chi connectivity index (χ1) is 15.8. The molecule has 0 aliphatic rings. The third-order valence-electron chi connectivity index (χ3n) is 5.11. The van der Waals surface area contributed by atoms with Gasteiger partial charge in [-0.1, -0.05) is 30.3 Å². The highest BCUT2D eigenvalue weighted by molar-refractivity contribution is 7.99. The number of fused-ring (bicyclic) bond motifs is 1. The standard InChI is InChI=1S/C26H27N3O3S/c1-18-15-23(32-17-26(2,3)31)28-22-10-9-20(16-21(18)22)29-13-12-27-24(25(29)30)33-14-11-19-7-5-4-6-8-19/h4-10,12-13,15-16,31H,11,14,17H2,1-3H3. The first-order valence-electron chi connectivity index (χ1n) is 10.8. The zero-order valence-electron chi connectivity index (χ0n) is 19.0. The molecule has 2 aromatic heterocycles. The molecule has 6 nitrogen and oxygen atoms in total. The van der Waals surface area contributed by atoms with Gasteiger partial charge in [0.2, 0.25) is 5.88 Å². The minimum atomic E-state index is -0.937. The Labute approximate surface area is 197 Å². The molecule has 2 aromatic carbocycles. The van der Waals surface area contributed by atoms with E-state index in [1.807, 2.05) is 49.4 Å². The van der Waals surface area contributed by atoms with E-state index in [1.165, 1.54) is 17.3 Å². The number of pyridine rings is 1. The number of aromatic nitrogens is 3. The smallest absolute Gasteiger partial charge is 0.287 e. The van der Waals surface area contributed by atoms with Crippen LogP contribution in [0.2, 0.25) is 0 Å². The van der Waals surface area contributed by atoms with Gasteiger partial charge in [0.15, 0.2) is 5.03 Å². The van der Waals surface area contributed by atoms with E-state index in [4.69, 9.17) is 4.74 Å². The highest BCUT2D eigenvalue weighted by Gasteiger charge is 2.15. The Morgan fingerprint density at radius 2 is 1.91 bits per heavy atom. The van der Waals surface area contributed by atoms with Crippen LogP contribution in [0.4, 0.5) is 0 Å². The minimum Gasteiger partial charge on any atom is -0.475 e. The number of nitrogens with zero attached hydrogens (tertiary/aromatic N) is 3. The summed E-state index contributed by atoms with van der Waals surface area (Å²) in [4.78, 5) is 21.9. The van der Waals surface area contributed by atoms with Crippen LogP contribution in [0.25, 0.3) is 16.6 Å². The van der Waals surface area contributed by atoms with Crippen molar-refractivity contribution >= 4 is 22.7 Å². The van der Waals surface area contributed by atoms with E-state index in [0.717, 1.165) is 34.3 Å². The van der Waals surface area contributed by atoms with Gasteiger partial charge in [0.05, 0.1) is 11.1 Å². The van der Waals surface area contributed by atoms with Gasteiger partial charge in [-0.2, -0.15) is 0 Å². The molecule has 0 radical (unpaired) electrons. The van der Waals surface area contributed by atoms with Crippen molar-refractivity contribution in [2.24, 2.45) is 0 Å². The lowest BCUT2D eigenvalue weighted by Crippen LogP contribution is -2.28. The molecular weight excluding hydrogens is 434 g/mol. The number of hydrogen-bond donors (Lipinski definition) is 1.